The molecular formula is C24H28N6OS. The highest BCUT2D eigenvalue weighted by atomic mass is 32.1. The maximum atomic E-state index is 13.0. The Labute approximate surface area is 191 Å². The molecule has 5 N–H and O–H groups in total. The summed E-state index contributed by atoms with van der Waals surface area (Å²) in [5, 5.41) is 4.05. The average molecular weight is 449 g/mol. The zero-order valence-corrected chi connectivity index (χ0v) is 19.2. The lowest BCUT2D eigenvalue weighted by molar-refractivity contribution is 0.0938. The second-order valence-corrected chi connectivity index (χ2v) is 10.8. The molecule has 3 aromatic heterocycles. The van der Waals surface area contributed by atoms with E-state index in [0.717, 1.165) is 59.7 Å². The molecule has 1 aliphatic heterocycles. The van der Waals surface area contributed by atoms with E-state index in [2.05, 4.69) is 34.3 Å². The molecule has 166 valence electrons. The predicted molar refractivity (Wildman–Crippen MR) is 128 cm³/mol. The van der Waals surface area contributed by atoms with Crippen LogP contribution in [0.5, 0.6) is 0 Å². The van der Waals surface area contributed by atoms with E-state index in [0.29, 0.717) is 16.6 Å². The normalized spacial score (nSPS) is 28.5. The molecule has 0 spiro atoms. The Kier molecular flexibility index (Phi) is 4.29. The predicted octanol–water partition coefficient (Wildman–Crippen LogP) is 2.80. The van der Waals surface area contributed by atoms with Crippen LogP contribution in [0, 0.1) is 12.3 Å². The van der Waals surface area contributed by atoms with Crippen LogP contribution in [0.1, 0.15) is 46.4 Å². The number of carbonyl (C=O) groups excluding carboxylic acids is 1. The summed E-state index contributed by atoms with van der Waals surface area (Å²) < 4.78 is 0. The maximum absolute atomic E-state index is 13.0. The summed E-state index contributed by atoms with van der Waals surface area (Å²) in [6.45, 7) is 5.11. The van der Waals surface area contributed by atoms with E-state index in [4.69, 9.17) is 16.5 Å². The molecule has 1 saturated carbocycles. The van der Waals surface area contributed by atoms with Crippen molar-refractivity contribution in [3.63, 3.8) is 0 Å². The number of aryl methyl sites for hydroxylation is 2. The van der Waals surface area contributed by atoms with E-state index in [1.807, 2.05) is 19.1 Å². The van der Waals surface area contributed by atoms with Gasteiger partial charge in [0.15, 0.2) is 0 Å². The van der Waals surface area contributed by atoms with Gasteiger partial charge in [-0.2, -0.15) is 0 Å². The van der Waals surface area contributed by atoms with E-state index < -0.39 is 0 Å². The molecule has 0 bridgehead atoms. The molecule has 2 aliphatic carbocycles. The molecule has 2 fully saturated rings. The van der Waals surface area contributed by atoms with Crippen LogP contribution in [0.2, 0.25) is 0 Å². The Morgan fingerprint density at radius 1 is 1.28 bits per heavy atom. The monoisotopic (exact) mass is 448 g/mol. The van der Waals surface area contributed by atoms with Gasteiger partial charge < -0.3 is 21.7 Å². The highest BCUT2D eigenvalue weighted by molar-refractivity contribution is 7.21. The van der Waals surface area contributed by atoms with Gasteiger partial charge in [-0.3, -0.25) is 4.79 Å². The lowest BCUT2D eigenvalue weighted by Crippen LogP contribution is -2.39. The van der Waals surface area contributed by atoms with Crippen LogP contribution in [-0.4, -0.2) is 40.5 Å². The molecule has 4 heterocycles. The van der Waals surface area contributed by atoms with E-state index in [-0.39, 0.29) is 23.4 Å². The number of amides is 1. The van der Waals surface area contributed by atoms with Crippen molar-refractivity contribution in [1.29, 1.82) is 0 Å². The first-order chi connectivity index (χ1) is 15.3. The summed E-state index contributed by atoms with van der Waals surface area (Å²) in [4.78, 5) is 26.2. The minimum Gasteiger partial charge on any atom is -0.397 e. The summed E-state index contributed by atoms with van der Waals surface area (Å²) >= 11 is 1.36. The highest BCUT2D eigenvalue weighted by Crippen LogP contribution is 2.56. The molecule has 1 saturated heterocycles. The van der Waals surface area contributed by atoms with E-state index in [1.54, 1.807) is 0 Å². The SMILES string of the molecule is Cc1ccc2c(N)c(C(=O)N[C@H]3CCc4nc(N5C[C@H](N)[C@]6(C)CC56)ccc4C3)sc2n1. The number of fused-ring (bicyclic) bond motifs is 3. The summed E-state index contributed by atoms with van der Waals surface area (Å²) in [5.74, 6) is 0.939. The number of nitrogen functional groups attached to an aromatic ring is 1. The number of pyridine rings is 2. The van der Waals surface area contributed by atoms with Gasteiger partial charge in [0.05, 0.1) is 5.69 Å². The van der Waals surface area contributed by atoms with Crippen LogP contribution in [0.25, 0.3) is 10.2 Å². The Hall–Kier alpha value is -2.71. The van der Waals surface area contributed by atoms with E-state index >= 15 is 0 Å². The molecule has 1 unspecified atom stereocenters. The summed E-state index contributed by atoms with van der Waals surface area (Å²) in [7, 11) is 0. The Morgan fingerprint density at radius 2 is 2.12 bits per heavy atom. The van der Waals surface area contributed by atoms with Crippen LogP contribution < -0.4 is 21.7 Å². The summed E-state index contributed by atoms with van der Waals surface area (Å²) in [5.41, 5.74) is 16.7. The Bertz CT molecular complexity index is 1250. The fourth-order valence-corrected chi connectivity index (χ4v) is 6.46. The largest absolute Gasteiger partial charge is 0.397 e. The quantitative estimate of drug-likeness (QED) is 0.568. The van der Waals surface area contributed by atoms with E-state index in [9.17, 15) is 4.79 Å². The molecule has 3 aromatic rings. The zero-order valence-electron chi connectivity index (χ0n) is 18.4. The fourth-order valence-electron chi connectivity index (χ4n) is 5.42. The van der Waals surface area contributed by atoms with Crippen molar-refractivity contribution in [3.05, 3.63) is 46.1 Å². The molecule has 0 aromatic carbocycles. The number of nitrogens with two attached hydrogens (primary N) is 2. The number of aromatic nitrogens is 2. The van der Waals surface area contributed by atoms with Crippen molar-refractivity contribution in [2.24, 2.45) is 11.1 Å². The molecule has 6 rings (SSSR count). The van der Waals surface area contributed by atoms with Crippen molar-refractivity contribution in [1.82, 2.24) is 15.3 Å². The van der Waals surface area contributed by atoms with Crippen LogP contribution >= 0.6 is 11.3 Å². The minimum atomic E-state index is -0.111. The highest BCUT2D eigenvalue weighted by Gasteiger charge is 2.62. The van der Waals surface area contributed by atoms with Gasteiger partial charge in [-0.1, -0.05) is 13.0 Å². The molecular weight excluding hydrogens is 420 g/mol. The molecule has 32 heavy (non-hydrogen) atoms. The van der Waals surface area contributed by atoms with Gasteiger partial charge in [-0.25, -0.2) is 9.97 Å². The number of nitrogens with zero attached hydrogens (tertiary/aromatic N) is 3. The Balaban J connectivity index is 1.17. The second-order valence-electron chi connectivity index (χ2n) is 9.82. The van der Waals surface area contributed by atoms with Gasteiger partial charge in [0.1, 0.15) is 15.5 Å². The van der Waals surface area contributed by atoms with Crippen LogP contribution in [0.4, 0.5) is 11.5 Å². The number of nitrogens with one attached hydrogen (secondary N) is 1. The zero-order chi connectivity index (χ0) is 22.2. The van der Waals surface area contributed by atoms with Crippen LogP contribution in [0.15, 0.2) is 24.3 Å². The van der Waals surface area contributed by atoms with Gasteiger partial charge in [0.2, 0.25) is 0 Å². The van der Waals surface area contributed by atoms with E-state index in [1.165, 1.54) is 16.9 Å². The second kappa shape index (κ2) is 6.89. The number of anilines is 2. The first-order valence-corrected chi connectivity index (χ1v) is 12.1. The first-order valence-electron chi connectivity index (χ1n) is 11.3. The van der Waals surface area contributed by atoms with Crippen molar-refractivity contribution >= 4 is 39.0 Å². The molecule has 1 amide bonds. The third-order valence-corrected chi connectivity index (χ3v) is 8.78. The number of hydrogen-bond acceptors (Lipinski definition) is 7. The smallest absolute Gasteiger partial charge is 0.263 e. The molecule has 8 heteroatoms. The number of hydrogen-bond donors (Lipinski definition) is 3. The topological polar surface area (TPSA) is 110 Å². The Morgan fingerprint density at radius 3 is 2.88 bits per heavy atom. The number of carbonyl (C=O) groups is 1. The molecule has 3 aliphatic rings. The third kappa shape index (κ3) is 3.00. The first kappa shape index (κ1) is 19.9. The average Bonchev–Trinajstić information content (AvgIpc) is 3.27. The molecule has 0 radical (unpaired) electrons. The van der Waals surface area contributed by atoms with Crippen molar-refractivity contribution in [3.8, 4) is 0 Å². The summed E-state index contributed by atoms with van der Waals surface area (Å²) in [6, 6.07) is 9.00. The van der Waals surface area contributed by atoms with Gasteiger partial charge in [0, 0.05) is 46.9 Å². The lowest BCUT2D eigenvalue weighted by atomic mass is 9.91. The molecule has 4 atom stereocenters. The van der Waals surface area contributed by atoms with Gasteiger partial charge in [-0.05, 0) is 56.4 Å². The fraction of sp³-hybridized carbons (Fsp3) is 0.458. The molecule has 7 nitrogen and oxygen atoms in total. The number of thiophene rings is 1. The number of rotatable bonds is 3. The van der Waals surface area contributed by atoms with Gasteiger partial charge in [0.25, 0.3) is 5.91 Å². The van der Waals surface area contributed by atoms with Crippen LogP contribution in [0.3, 0.4) is 0 Å². The van der Waals surface area contributed by atoms with Crippen molar-refractivity contribution < 1.29 is 4.79 Å². The van der Waals surface area contributed by atoms with Crippen molar-refractivity contribution in [2.45, 2.75) is 57.7 Å². The summed E-state index contributed by atoms with van der Waals surface area (Å²) in [6.07, 6.45) is 3.69. The van der Waals surface area contributed by atoms with Gasteiger partial charge >= 0.3 is 0 Å². The third-order valence-electron chi connectivity index (χ3n) is 7.67. The lowest BCUT2D eigenvalue weighted by Gasteiger charge is -2.27. The minimum absolute atomic E-state index is 0.0777. The standard InChI is InChI=1S/C24H28N6OS/c1-12-3-6-15-20(26)21(32-23(15)27-12)22(31)28-14-5-7-16-13(9-14)4-8-19(29-16)30-11-17(25)24(2)10-18(24)30/h3-4,6,8,14,17-18H,5,7,9-11,25-26H2,1-2H3,(H,28,31)/t14-,17-,18?,24-/m0/s1. The van der Waals surface area contributed by atoms with Crippen molar-refractivity contribution in [2.75, 3.05) is 17.2 Å². The maximum Gasteiger partial charge on any atom is 0.263 e. The van der Waals surface area contributed by atoms with Crippen LogP contribution in [-0.2, 0) is 12.8 Å². The number of piperidine rings is 1. The van der Waals surface area contributed by atoms with Gasteiger partial charge in [-0.15, -0.1) is 11.3 Å².